The molecule has 2 aromatic heterocycles. The Morgan fingerprint density at radius 2 is 1.54 bits per heavy atom. The van der Waals surface area contributed by atoms with E-state index in [1.54, 1.807) is 0 Å². The van der Waals surface area contributed by atoms with Crippen molar-refractivity contribution in [2.75, 3.05) is 0 Å². The molecule has 0 aromatic carbocycles. The minimum absolute atomic E-state index is 0.366. The predicted octanol–water partition coefficient (Wildman–Crippen LogP) is 2.80. The molecular formula is C8H7Cl2N3. The molecule has 3 nitrogen and oxygen atoms in total. The standard InChI is InChI=1S/C4H2Cl2N2.C4H5N/c5-3-1-4(6)8-2-7-3;1-2-4-5-3-1/h1-2H;1-5H. The largest absolute Gasteiger partial charge is 0.368 e. The molecule has 0 spiro atoms. The zero-order chi connectivity index (χ0) is 9.52. The maximum absolute atomic E-state index is 5.41. The lowest BCUT2D eigenvalue weighted by atomic mass is 10.7. The molecule has 0 radical (unpaired) electrons. The lowest BCUT2D eigenvalue weighted by Crippen LogP contribution is -1.76. The number of hydrogen-bond acceptors (Lipinski definition) is 2. The van der Waals surface area contributed by atoms with Crippen LogP contribution < -0.4 is 0 Å². The van der Waals surface area contributed by atoms with Crippen molar-refractivity contribution >= 4 is 23.2 Å². The molecule has 68 valence electrons. The Labute approximate surface area is 85.7 Å². The molecule has 0 fully saturated rings. The van der Waals surface area contributed by atoms with Crippen LogP contribution in [0.25, 0.3) is 0 Å². The number of rotatable bonds is 0. The summed E-state index contributed by atoms with van der Waals surface area (Å²) in [5.41, 5.74) is 0. The molecule has 5 heteroatoms. The van der Waals surface area contributed by atoms with Crippen LogP contribution in [0.2, 0.25) is 10.3 Å². The van der Waals surface area contributed by atoms with Crippen molar-refractivity contribution in [1.82, 2.24) is 15.0 Å². The fraction of sp³-hybridized carbons (Fsp3) is 0. The topological polar surface area (TPSA) is 41.6 Å². The molecule has 0 amide bonds. The highest BCUT2D eigenvalue weighted by Gasteiger charge is 1.87. The van der Waals surface area contributed by atoms with E-state index in [2.05, 4.69) is 15.0 Å². The van der Waals surface area contributed by atoms with Crippen LogP contribution in [0.3, 0.4) is 0 Å². The van der Waals surface area contributed by atoms with Crippen LogP contribution in [-0.2, 0) is 0 Å². The second kappa shape index (κ2) is 5.56. The van der Waals surface area contributed by atoms with Gasteiger partial charge in [-0.2, -0.15) is 0 Å². The summed E-state index contributed by atoms with van der Waals surface area (Å²) in [4.78, 5) is 10.1. The molecule has 2 heterocycles. The third kappa shape index (κ3) is 4.50. The van der Waals surface area contributed by atoms with E-state index in [0.29, 0.717) is 10.3 Å². The molecule has 1 N–H and O–H groups in total. The summed E-state index contributed by atoms with van der Waals surface area (Å²) in [7, 11) is 0. The van der Waals surface area contributed by atoms with Crippen molar-refractivity contribution < 1.29 is 0 Å². The van der Waals surface area contributed by atoms with E-state index in [-0.39, 0.29) is 0 Å². The molecule has 0 aliphatic heterocycles. The molecule has 0 bridgehead atoms. The normalized spacial score (nSPS) is 8.77. The Kier molecular flexibility index (Phi) is 4.29. The van der Waals surface area contributed by atoms with Crippen LogP contribution >= 0.6 is 23.2 Å². The lowest BCUT2D eigenvalue weighted by Gasteiger charge is -1.85. The van der Waals surface area contributed by atoms with Gasteiger partial charge in [0.05, 0.1) is 0 Å². The summed E-state index contributed by atoms with van der Waals surface area (Å²) in [6, 6.07) is 5.36. The highest BCUT2D eigenvalue weighted by molar-refractivity contribution is 6.33. The lowest BCUT2D eigenvalue weighted by molar-refractivity contribution is 1.17. The molecule has 0 saturated carbocycles. The van der Waals surface area contributed by atoms with Gasteiger partial charge in [0.2, 0.25) is 0 Å². The number of hydrogen-bond donors (Lipinski definition) is 1. The average molecular weight is 216 g/mol. The molecule has 2 rings (SSSR count). The van der Waals surface area contributed by atoms with Gasteiger partial charge in [0, 0.05) is 18.5 Å². The van der Waals surface area contributed by atoms with Crippen molar-refractivity contribution in [3.05, 3.63) is 47.2 Å². The SMILES string of the molecule is Clc1cc(Cl)ncn1.c1cc[nH]c1. The summed E-state index contributed by atoms with van der Waals surface area (Å²) in [5, 5.41) is 0.731. The minimum Gasteiger partial charge on any atom is -0.368 e. The molecule has 0 saturated heterocycles. The summed E-state index contributed by atoms with van der Waals surface area (Å²) in [5.74, 6) is 0. The van der Waals surface area contributed by atoms with Gasteiger partial charge in [-0.25, -0.2) is 9.97 Å². The smallest absolute Gasteiger partial charge is 0.133 e. The van der Waals surface area contributed by atoms with Crippen LogP contribution in [-0.4, -0.2) is 15.0 Å². The van der Waals surface area contributed by atoms with Gasteiger partial charge in [0.1, 0.15) is 16.6 Å². The van der Waals surface area contributed by atoms with Gasteiger partial charge in [0.15, 0.2) is 0 Å². The van der Waals surface area contributed by atoms with E-state index >= 15 is 0 Å². The first-order chi connectivity index (χ1) is 6.29. The molecule has 0 aliphatic rings. The summed E-state index contributed by atoms with van der Waals surface area (Å²) in [6.45, 7) is 0. The number of aromatic nitrogens is 3. The average Bonchev–Trinajstić information content (AvgIpc) is 2.59. The first-order valence-electron chi connectivity index (χ1n) is 3.50. The van der Waals surface area contributed by atoms with Gasteiger partial charge in [-0.05, 0) is 12.1 Å². The van der Waals surface area contributed by atoms with Crippen molar-refractivity contribution in [2.24, 2.45) is 0 Å². The van der Waals surface area contributed by atoms with E-state index in [0.717, 1.165) is 0 Å². The highest BCUT2D eigenvalue weighted by atomic mass is 35.5. The van der Waals surface area contributed by atoms with E-state index < -0.39 is 0 Å². The zero-order valence-electron chi connectivity index (χ0n) is 6.61. The first-order valence-corrected chi connectivity index (χ1v) is 4.25. The number of nitrogens with zero attached hydrogens (tertiary/aromatic N) is 2. The van der Waals surface area contributed by atoms with Gasteiger partial charge in [-0.3, -0.25) is 0 Å². The van der Waals surface area contributed by atoms with Gasteiger partial charge in [-0.15, -0.1) is 0 Å². The molecule has 0 aliphatic carbocycles. The van der Waals surface area contributed by atoms with Crippen LogP contribution in [0.4, 0.5) is 0 Å². The van der Waals surface area contributed by atoms with Gasteiger partial charge >= 0.3 is 0 Å². The summed E-state index contributed by atoms with van der Waals surface area (Å²) in [6.07, 6.45) is 5.06. The van der Waals surface area contributed by atoms with E-state index in [1.807, 2.05) is 24.5 Å². The molecule has 0 unspecified atom stereocenters. The second-order valence-corrected chi connectivity index (χ2v) is 2.82. The van der Waals surface area contributed by atoms with E-state index in [1.165, 1.54) is 12.4 Å². The highest BCUT2D eigenvalue weighted by Crippen LogP contribution is 2.07. The Balaban J connectivity index is 0.000000145. The molecule has 2 aromatic rings. The minimum atomic E-state index is 0.366. The van der Waals surface area contributed by atoms with Crippen LogP contribution in [0.1, 0.15) is 0 Å². The van der Waals surface area contributed by atoms with Crippen LogP contribution in [0.5, 0.6) is 0 Å². The van der Waals surface area contributed by atoms with Crippen LogP contribution in [0, 0.1) is 0 Å². The quantitative estimate of drug-likeness (QED) is 0.688. The summed E-state index contributed by atoms with van der Waals surface area (Å²) >= 11 is 10.8. The van der Waals surface area contributed by atoms with Gasteiger partial charge in [-0.1, -0.05) is 23.2 Å². The second-order valence-electron chi connectivity index (χ2n) is 2.05. The van der Waals surface area contributed by atoms with Crippen molar-refractivity contribution in [3.8, 4) is 0 Å². The van der Waals surface area contributed by atoms with Crippen molar-refractivity contribution in [1.29, 1.82) is 0 Å². The number of H-pyrrole nitrogens is 1. The molecular weight excluding hydrogens is 209 g/mol. The molecule has 13 heavy (non-hydrogen) atoms. The van der Waals surface area contributed by atoms with Crippen molar-refractivity contribution in [3.63, 3.8) is 0 Å². The Hall–Kier alpha value is -1.06. The Morgan fingerprint density at radius 3 is 1.77 bits per heavy atom. The Bertz CT molecular complexity index is 300. The van der Waals surface area contributed by atoms with E-state index in [9.17, 15) is 0 Å². The monoisotopic (exact) mass is 215 g/mol. The number of aromatic amines is 1. The van der Waals surface area contributed by atoms with Gasteiger partial charge in [0.25, 0.3) is 0 Å². The van der Waals surface area contributed by atoms with Gasteiger partial charge < -0.3 is 4.98 Å². The van der Waals surface area contributed by atoms with Crippen LogP contribution in [0.15, 0.2) is 36.9 Å². The third-order valence-electron chi connectivity index (χ3n) is 1.10. The maximum atomic E-state index is 5.41. The zero-order valence-corrected chi connectivity index (χ0v) is 8.13. The third-order valence-corrected chi connectivity index (χ3v) is 1.51. The predicted molar refractivity (Wildman–Crippen MR) is 52.8 cm³/mol. The number of halogens is 2. The van der Waals surface area contributed by atoms with E-state index in [4.69, 9.17) is 23.2 Å². The molecule has 0 atom stereocenters. The van der Waals surface area contributed by atoms with Crippen molar-refractivity contribution in [2.45, 2.75) is 0 Å². The maximum Gasteiger partial charge on any atom is 0.133 e. The first kappa shape index (κ1) is 10.0. The Morgan fingerprint density at radius 1 is 1.00 bits per heavy atom. The number of nitrogens with one attached hydrogen (secondary N) is 1. The summed E-state index contributed by atoms with van der Waals surface area (Å²) < 4.78 is 0. The fourth-order valence-corrected chi connectivity index (χ4v) is 0.940. The fourth-order valence-electron chi connectivity index (χ4n) is 0.590.